The predicted octanol–water partition coefficient (Wildman–Crippen LogP) is 5.56. The molecule has 1 saturated carbocycles. The summed E-state index contributed by atoms with van der Waals surface area (Å²) in [5.41, 5.74) is 4.05. The van der Waals surface area contributed by atoms with Gasteiger partial charge in [0.2, 0.25) is 11.8 Å². The topological polar surface area (TPSA) is 156 Å². The number of carbonyl (C=O) groups excluding carboxylic acids is 3. The highest BCUT2D eigenvalue weighted by atomic mass is 16.6. The molecule has 3 aliphatic rings. The van der Waals surface area contributed by atoms with E-state index in [1.54, 1.807) is 41.7 Å². The van der Waals surface area contributed by atoms with E-state index in [4.69, 9.17) is 19.2 Å². The van der Waals surface area contributed by atoms with Crippen LogP contribution in [0.1, 0.15) is 83.4 Å². The molecule has 3 aromatic rings. The average molecular weight is 715 g/mol. The number of alkyl carbamates (subject to hydrolysis) is 1. The first-order chi connectivity index (χ1) is 24.7. The number of aliphatic carboxylic acids is 1. The van der Waals surface area contributed by atoms with Crippen LogP contribution in [-0.2, 0) is 43.3 Å². The number of nitrogens with one attached hydrogen (secondary N) is 2. The maximum atomic E-state index is 14.2. The highest BCUT2D eigenvalue weighted by molar-refractivity contribution is 5.95. The zero-order valence-electron chi connectivity index (χ0n) is 30.9. The van der Waals surface area contributed by atoms with E-state index in [1.807, 2.05) is 24.3 Å². The summed E-state index contributed by atoms with van der Waals surface area (Å²) in [4.78, 5) is 59.4. The SMILES string of the molecule is COc1ccc2c(COC3C[C@@H](C(=O)NC4(C(=O)O)CCC4)N(C(=O)[C@@H](NC(=O)OC(C)(C)C)C(C)C)C3)cc(-c3ccc4c(c3)CCC4)nc2c1. The summed E-state index contributed by atoms with van der Waals surface area (Å²) in [7, 11) is 1.62. The number of carboxylic acid groups (broad SMARTS) is 1. The minimum Gasteiger partial charge on any atom is -0.497 e. The molecular weight excluding hydrogens is 664 g/mol. The van der Waals surface area contributed by atoms with E-state index in [0.29, 0.717) is 25.0 Å². The number of pyridine rings is 1. The Morgan fingerprint density at radius 3 is 2.42 bits per heavy atom. The molecule has 3 amide bonds. The summed E-state index contributed by atoms with van der Waals surface area (Å²) in [5, 5.41) is 16.3. The van der Waals surface area contributed by atoms with Crippen LogP contribution < -0.4 is 15.4 Å². The summed E-state index contributed by atoms with van der Waals surface area (Å²) in [6.45, 7) is 9.05. The lowest BCUT2D eigenvalue weighted by Crippen LogP contribution is -2.63. The summed E-state index contributed by atoms with van der Waals surface area (Å²) in [6.07, 6.45) is 3.44. The molecular formula is C40H50N4O8. The number of nitrogens with zero attached hydrogens (tertiary/aromatic N) is 2. The van der Waals surface area contributed by atoms with Crippen LogP contribution in [0.3, 0.4) is 0 Å². The second-order valence-electron chi connectivity index (χ2n) is 15.7. The molecule has 0 spiro atoms. The molecule has 6 rings (SSSR count). The third-order valence-corrected chi connectivity index (χ3v) is 10.4. The number of hydrogen-bond donors (Lipinski definition) is 3. The van der Waals surface area contributed by atoms with Gasteiger partial charge in [0.25, 0.3) is 0 Å². The van der Waals surface area contributed by atoms with Crippen molar-refractivity contribution in [2.24, 2.45) is 5.92 Å². The number of aromatic nitrogens is 1. The molecule has 1 aliphatic heterocycles. The molecule has 1 unspecified atom stereocenters. The molecule has 12 nitrogen and oxygen atoms in total. The number of ether oxygens (including phenoxy) is 3. The van der Waals surface area contributed by atoms with Gasteiger partial charge in [0.15, 0.2) is 0 Å². The van der Waals surface area contributed by atoms with E-state index < -0.39 is 53.2 Å². The van der Waals surface area contributed by atoms with Crippen molar-refractivity contribution in [2.45, 2.75) is 115 Å². The van der Waals surface area contributed by atoms with Crippen molar-refractivity contribution in [1.82, 2.24) is 20.5 Å². The maximum absolute atomic E-state index is 14.2. The molecule has 2 aromatic carbocycles. The third kappa shape index (κ3) is 7.86. The largest absolute Gasteiger partial charge is 0.497 e. The molecule has 2 heterocycles. The number of aryl methyl sites for hydroxylation is 2. The molecule has 278 valence electrons. The summed E-state index contributed by atoms with van der Waals surface area (Å²) < 4.78 is 17.5. The van der Waals surface area contributed by atoms with Gasteiger partial charge >= 0.3 is 12.1 Å². The smallest absolute Gasteiger partial charge is 0.408 e. The zero-order valence-corrected chi connectivity index (χ0v) is 30.9. The molecule has 12 heteroatoms. The van der Waals surface area contributed by atoms with Crippen molar-refractivity contribution in [3.05, 3.63) is 59.2 Å². The highest BCUT2D eigenvalue weighted by Crippen LogP contribution is 2.35. The minimum absolute atomic E-state index is 0.0741. The molecule has 1 saturated heterocycles. The van der Waals surface area contributed by atoms with E-state index in [0.717, 1.165) is 47.0 Å². The van der Waals surface area contributed by atoms with Gasteiger partial charge in [-0.3, -0.25) is 9.59 Å². The molecule has 52 heavy (non-hydrogen) atoms. The zero-order chi connectivity index (χ0) is 37.4. The Kier molecular flexibility index (Phi) is 10.5. The number of carboxylic acids is 1. The minimum atomic E-state index is -1.36. The molecule has 3 N–H and O–H groups in total. The Bertz CT molecular complexity index is 1860. The number of likely N-dealkylation sites (tertiary alicyclic amines) is 1. The van der Waals surface area contributed by atoms with Gasteiger partial charge in [0.05, 0.1) is 31.0 Å². The fourth-order valence-electron chi connectivity index (χ4n) is 7.39. The van der Waals surface area contributed by atoms with Gasteiger partial charge in [-0.1, -0.05) is 26.0 Å². The van der Waals surface area contributed by atoms with Crippen LogP contribution in [0.4, 0.5) is 4.79 Å². The predicted molar refractivity (Wildman–Crippen MR) is 195 cm³/mol. The summed E-state index contributed by atoms with van der Waals surface area (Å²) in [6, 6.07) is 12.3. The van der Waals surface area contributed by atoms with Crippen LogP contribution in [-0.4, -0.2) is 81.8 Å². The lowest BCUT2D eigenvalue weighted by atomic mass is 9.76. The van der Waals surface area contributed by atoms with Crippen LogP contribution in [0.2, 0.25) is 0 Å². The van der Waals surface area contributed by atoms with Crippen LogP contribution >= 0.6 is 0 Å². The van der Waals surface area contributed by atoms with E-state index in [9.17, 15) is 24.3 Å². The van der Waals surface area contributed by atoms with Crippen LogP contribution in [0, 0.1) is 5.92 Å². The third-order valence-electron chi connectivity index (χ3n) is 10.4. The number of rotatable bonds is 11. The monoisotopic (exact) mass is 714 g/mol. The normalized spacial score (nSPS) is 19.9. The lowest BCUT2D eigenvalue weighted by molar-refractivity contribution is -0.153. The summed E-state index contributed by atoms with van der Waals surface area (Å²) in [5.74, 6) is -1.77. The molecule has 2 fully saturated rings. The standard InChI is InChI=1S/C40H50N4O8/c1-23(2)34(42-38(49)52-39(3,4)5)36(46)44-21-29(20-33(44)35(45)43-40(37(47)48)15-8-16-40)51-22-27-18-31(26-12-11-24-9-7-10-25(24)17-26)41-32-19-28(50-6)13-14-30(27)32/h11-14,17-19,23,29,33-34H,7-10,15-16,20-22H2,1-6H3,(H,42,49)(H,43,45)(H,47,48)/t29?,33-,34-/m0/s1. The highest BCUT2D eigenvalue weighted by Gasteiger charge is 2.50. The van der Waals surface area contributed by atoms with Crippen molar-refractivity contribution in [1.29, 1.82) is 0 Å². The average Bonchev–Trinajstić information content (AvgIpc) is 3.73. The van der Waals surface area contributed by atoms with Crippen LogP contribution in [0.25, 0.3) is 22.2 Å². The second-order valence-corrected chi connectivity index (χ2v) is 15.7. The molecule has 3 atom stereocenters. The number of methoxy groups -OCH3 is 1. The number of benzene rings is 2. The molecule has 2 aliphatic carbocycles. The van der Waals surface area contributed by atoms with Gasteiger partial charge < -0.3 is 34.9 Å². The first kappa shape index (κ1) is 37.1. The van der Waals surface area contributed by atoms with Crippen molar-refractivity contribution in [3.63, 3.8) is 0 Å². The number of carbonyl (C=O) groups is 4. The Balaban J connectivity index is 1.27. The van der Waals surface area contributed by atoms with E-state index in [1.165, 1.54) is 16.0 Å². The Morgan fingerprint density at radius 2 is 1.77 bits per heavy atom. The summed E-state index contributed by atoms with van der Waals surface area (Å²) >= 11 is 0. The first-order valence-corrected chi connectivity index (χ1v) is 18.2. The lowest BCUT2D eigenvalue weighted by Gasteiger charge is -2.40. The second kappa shape index (κ2) is 14.7. The Hall–Kier alpha value is -4.71. The van der Waals surface area contributed by atoms with Gasteiger partial charge in [-0.15, -0.1) is 0 Å². The van der Waals surface area contributed by atoms with Crippen molar-refractivity contribution >= 4 is 34.8 Å². The van der Waals surface area contributed by atoms with E-state index >= 15 is 0 Å². The number of amides is 3. The first-order valence-electron chi connectivity index (χ1n) is 18.2. The van der Waals surface area contributed by atoms with Crippen LogP contribution in [0.5, 0.6) is 5.75 Å². The van der Waals surface area contributed by atoms with Gasteiger partial charge in [-0.05, 0) is 106 Å². The molecule has 0 radical (unpaired) electrons. The fourth-order valence-corrected chi connectivity index (χ4v) is 7.39. The van der Waals surface area contributed by atoms with Gasteiger partial charge in [-0.2, -0.15) is 0 Å². The van der Waals surface area contributed by atoms with E-state index in [-0.39, 0.29) is 25.5 Å². The number of fused-ring (bicyclic) bond motifs is 2. The van der Waals surface area contributed by atoms with Gasteiger partial charge in [0, 0.05) is 30.0 Å². The van der Waals surface area contributed by atoms with Crippen LogP contribution in [0.15, 0.2) is 42.5 Å². The molecule has 0 bridgehead atoms. The van der Waals surface area contributed by atoms with E-state index in [2.05, 4.69) is 28.8 Å². The van der Waals surface area contributed by atoms with Crippen molar-refractivity contribution in [2.75, 3.05) is 13.7 Å². The van der Waals surface area contributed by atoms with Gasteiger partial charge in [0.1, 0.15) is 29.0 Å². The Labute approximate surface area is 304 Å². The Morgan fingerprint density at radius 1 is 1.02 bits per heavy atom. The van der Waals surface area contributed by atoms with Gasteiger partial charge in [-0.25, -0.2) is 14.6 Å². The fraction of sp³-hybridized carbons (Fsp3) is 0.525. The van der Waals surface area contributed by atoms with Crippen molar-refractivity contribution in [3.8, 4) is 17.0 Å². The number of hydrogen-bond acceptors (Lipinski definition) is 8. The maximum Gasteiger partial charge on any atom is 0.408 e. The quantitative estimate of drug-likeness (QED) is 0.232. The van der Waals surface area contributed by atoms with Crippen molar-refractivity contribution < 1.29 is 38.5 Å². The molecule has 1 aromatic heterocycles.